The quantitative estimate of drug-likeness (QED) is 0.527. The maximum atomic E-state index is 14.0. The predicted molar refractivity (Wildman–Crippen MR) is 147 cm³/mol. The summed E-state index contributed by atoms with van der Waals surface area (Å²) in [5.41, 5.74) is 3.71. The minimum absolute atomic E-state index is 0.0132. The lowest BCUT2D eigenvalue weighted by Crippen LogP contribution is -2.56. The number of fused-ring (bicyclic) bond motifs is 2. The van der Waals surface area contributed by atoms with E-state index in [2.05, 4.69) is 46.3 Å². The maximum absolute atomic E-state index is 14.0. The molecular weight excluding hydrogens is 476 g/mol. The Labute approximate surface area is 225 Å². The summed E-state index contributed by atoms with van der Waals surface area (Å²) in [6.07, 6.45) is 6.71. The topological polar surface area (TPSA) is 90.5 Å². The Morgan fingerprint density at radius 1 is 0.947 bits per heavy atom. The molecule has 2 fully saturated rings. The zero-order valence-corrected chi connectivity index (χ0v) is 22.5. The van der Waals surface area contributed by atoms with Gasteiger partial charge in [-0.1, -0.05) is 54.6 Å². The van der Waals surface area contributed by atoms with Gasteiger partial charge in [0.1, 0.15) is 12.1 Å². The molecule has 2 saturated heterocycles. The number of benzene rings is 2. The van der Waals surface area contributed by atoms with Gasteiger partial charge in [0.15, 0.2) is 0 Å². The zero-order valence-electron chi connectivity index (χ0n) is 22.5. The highest BCUT2D eigenvalue weighted by Gasteiger charge is 2.49. The lowest BCUT2D eigenvalue weighted by Gasteiger charge is -2.33. The van der Waals surface area contributed by atoms with Crippen LogP contribution in [0.1, 0.15) is 68.2 Å². The van der Waals surface area contributed by atoms with Gasteiger partial charge < -0.3 is 20.9 Å². The van der Waals surface area contributed by atoms with Gasteiger partial charge in [0.2, 0.25) is 17.7 Å². The summed E-state index contributed by atoms with van der Waals surface area (Å²) in [5, 5.41) is 9.24. The normalized spacial score (nSPS) is 27.6. The number of nitrogens with zero attached hydrogens (tertiary/aromatic N) is 1. The fourth-order valence-electron chi connectivity index (χ4n) is 6.65. The van der Waals surface area contributed by atoms with E-state index >= 15 is 0 Å². The SMILES string of the molecule is CN[C@@H](C)C(=O)NC1CCC[C@H]2[C@@H](Cc3ccccc3)C[C@@H](C(=O)N[C@@H]3CCCc4ccccc43)N2C1=O. The summed E-state index contributed by atoms with van der Waals surface area (Å²) in [5.74, 6) is -0.189. The van der Waals surface area contributed by atoms with E-state index in [0.29, 0.717) is 12.8 Å². The van der Waals surface area contributed by atoms with Crippen LogP contribution in [0.25, 0.3) is 0 Å². The van der Waals surface area contributed by atoms with E-state index in [1.807, 2.05) is 29.2 Å². The molecule has 2 aliphatic heterocycles. The van der Waals surface area contributed by atoms with Gasteiger partial charge in [-0.2, -0.15) is 0 Å². The Kier molecular flexibility index (Phi) is 8.12. The molecule has 3 amide bonds. The van der Waals surface area contributed by atoms with Crippen LogP contribution in [0.2, 0.25) is 0 Å². The van der Waals surface area contributed by atoms with Crippen LogP contribution < -0.4 is 16.0 Å². The molecule has 38 heavy (non-hydrogen) atoms. The van der Waals surface area contributed by atoms with Crippen molar-refractivity contribution in [3.8, 4) is 0 Å². The molecular formula is C31H40N4O3. The largest absolute Gasteiger partial charge is 0.347 e. The van der Waals surface area contributed by atoms with Gasteiger partial charge in [0, 0.05) is 6.04 Å². The second-order valence-electron chi connectivity index (χ2n) is 11.2. The molecule has 0 spiro atoms. The summed E-state index contributed by atoms with van der Waals surface area (Å²) in [6.45, 7) is 1.78. The van der Waals surface area contributed by atoms with Crippen LogP contribution in [0.15, 0.2) is 54.6 Å². The van der Waals surface area contributed by atoms with Crippen molar-refractivity contribution in [3.63, 3.8) is 0 Å². The van der Waals surface area contributed by atoms with E-state index in [-0.39, 0.29) is 35.7 Å². The third-order valence-electron chi connectivity index (χ3n) is 8.78. The van der Waals surface area contributed by atoms with Crippen LogP contribution in [0.4, 0.5) is 0 Å². The number of rotatable bonds is 7. The third-order valence-corrected chi connectivity index (χ3v) is 8.78. The monoisotopic (exact) mass is 516 g/mol. The Hall–Kier alpha value is -3.19. The number of carbonyl (C=O) groups is 3. The van der Waals surface area contributed by atoms with Crippen molar-refractivity contribution < 1.29 is 14.4 Å². The second-order valence-corrected chi connectivity index (χ2v) is 11.2. The standard InChI is InChI=1S/C31H40N4O3/c1-20(32-2)29(36)34-26-16-9-17-27-23(18-21-10-4-3-5-11-21)19-28(35(27)31(26)38)30(37)33-25-15-8-13-22-12-6-7-14-24(22)25/h3-7,10-12,14,20,23,25-28,32H,8-9,13,15-19H2,1-2H3,(H,33,37)(H,34,36)/t20-,23-,25+,26?,27-,28-/m0/s1. The van der Waals surface area contributed by atoms with Crippen molar-refractivity contribution in [1.82, 2.24) is 20.9 Å². The minimum atomic E-state index is -0.607. The first-order valence-corrected chi connectivity index (χ1v) is 14.2. The van der Waals surface area contributed by atoms with Crippen LogP contribution in [0.3, 0.4) is 0 Å². The smallest absolute Gasteiger partial charge is 0.246 e. The van der Waals surface area contributed by atoms with Gasteiger partial charge in [-0.15, -0.1) is 0 Å². The van der Waals surface area contributed by atoms with Crippen molar-refractivity contribution in [2.75, 3.05) is 7.05 Å². The Bertz CT molecular complexity index is 1150. The maximum Gasteiger partial charge on any atom is 0.246 e. The minimum Gasteiger partial charge on any atom is -0.347 e. The van der Waals surface area contributed by atoms with E-state index in [9.17, 15) is 14.4 Å². The van der Waals surface area contributed by atoms with Crippen LogP contribution in [-0.2, 0) is 27.2 Å². The molecule has 3 N–H and O–H groups in total. The Morgan fingerprint density at radius 3 is 2.47 bits per heavy atom. The second kappa shape index (κ2) is 11.7. The zero-order chi connectivity index (χ0) is 26.6. The number of hydrogen-bond acceptors (Lipinski definition) is 4. The van der Waals surface area contributed by atoms with E-state index in [1.165, 1.54) is 16.7 Å². The van der Waals surface area contributed by atoms with Gasteiger partial charge in [-0.3, -0.25) is 14.4 Å². The van der Waals surface area contributed by atoms with Crippen LogP contribution >= 0.6 is 0 Å². The van der Waals surface area contributed by atoms with Crippen LogP contribution in [-0.4, -0.2) is 53.8 Å². The van der Waals surface area contributed by atoms with Crippen LogP contribution in [0.5, 0.6) is 0 Å². The highest BCUT2D eigenvalue weighted by atomic mass is 16.2. The van der Waals surface area contributed by atoms with E-state index in [4.69, 9.17) is 0 Å². The van der Waals surface area contributed by atoms with E-state index in [1.54, 1.807) is 14.0 Å². The van der Waals surface area contributed by atoms with Crippen molar-refractivity contribution in [1.29, 1.82) is 0 Å². The third kappa shape index (κ3) is 5.48. The van der Waals surface area contributed by atoms with Gasteiger partial charge in [-0.25, -0.2) is 0 Å². The van der Waals surface area contributed by atoms with E-state index < -0.39 is 18.1 Å². The fraction of sp³-hybridized carbons (Fsp3) is 0.516. The van der Waals surface area contributed by atoms with Gasteiger partial charge in [0.05, 0.1) is 12.1 Å². The number of hydrogen-bond donors (Lipinski definition) is 3. The summed E-state index contributed by atoms with van der Waals surface area (Å²) in [6, 6.07) is 17.1. The van der Waals surface area contributed by atoms with Crippen molar-refractivity contribution in [3.05, 3.63) is 71.3 Å². The van der Waals surface area contributed by atoms with Gasteiger partial charge >= 0.3 is 0 Å². The highest BCUT2D eigenvalue weighted by Crippen LogP contribution is 2.39. The lowest BCUT2D eigenvalue weighted by molar-refractivity contribution is -0.143. The number of nitrogens with one attached hydrogen (secondary N) is 3. The van der Waals surface area contributed by atoms with Crippen molar-refractivity contribution in [2.45, 2.75) is 88.5 Å². The Morgan fingerprint density at radius 2 is 1.68 bits per heavy atom. The van der Waals surface area contributed by atoms with E-state index in [0.717, 1.165) is 38.5 Å². The number of likely N-dealkylation sites (N-methyl/N-ethyl adjacent to an activating group) is 1. The Balaban J connectivity index is 1.40. The average Bonchev–Trinajstić information content (AvgIpc) is 3.21. The molecule has 2 heterocycles. The van der Waals surface area contributed by atoms with Gasteiger partial charge in [-0.05, 0) is 87.9 Å². The molecule has 2 aromatic carbocycles. The fourth-order valence-corrected chi connectivity index (χ4v) is 6.65. The first-order chi connectivity index (χ1) is 18.5. The molecule has 1 aliphatic carbocycles. The first-order valence-electron chi connectivity index (χ1n) is 14.2. The number of carbonyl (C=O) groups excluding carboxylic acids is 3. The number of aryl methyl sites for hydroxylation is 1. The summed E-state index contributed by atoms with van der Waals surface area (Å²) >= 11 is 0. The summed E-state index contributed by atoms with van der Waals surface area (Å²) in [4.78, 5) is 42.4. The molecule has 0 saturated carbocycles. The average molecular weight is 517 g/mol. The van der Waals surface area contributed by atoms with Crippen molar-refractivity contribution in [2.24, 2.45) is 5.92 Å². The van der Waals surface area contributed by atoms with Crippen LogP contribution in [0, 0.1) is 5.92 Å². The summed E-state index contributed by atoms with van der Waals surface area (Å²) < 4.78 is 0. The molecule has 0 radical (unpaired) electrons. The summed E-state index contributed by atoms with van der Waals surface area (Å²) in [7, 11) is 1.73. The van der Waals surface area contributed by atoms with Gasteiger partial charge in [0.25, 0.3) is 0 Å². The molecule has 6 atom stereocenters. The number of amides is 3. The molecule has 0 aromatic heterocycles. The predicted octanol–water partition coefficient (Wildman–Crippen LogP) is 3.29. The first kappa shape index (κ1) is 26.4. The van der Waals surface area contributed by atoms with Crippen molar-refractivity contribution >= 4 is 17.7 Å². The molecule has 1 unspecified atom stereocenters. The molecule has 2 aromatic rings. The highest BCUT2D eigenvalue weighted by molar-refractivity contribution is 5.94. The lowest BCUT2D eigenvalue weighted by atomic mass is 9.87. The molecule has 0 bridgehead atoms. The molecule has 7 nitrogen and oxygen atoms in total. The molecule has 7 heteroatoms. The molecule has 3 aliphatic rings. The molecule has 202 valence electrons. The molecule has 5 rings (SSSR count).